The maximum atomic E-state index is 12.8. The van der Waals surface area contributed by atoms with E-state index >= 15 is 0 Å². The number of hydrogen-bond donors (Lipinski definition) is 0. The Kier molecular flexibility index (Phi) is 7.41. The first-order valence-corrected chi connectivity index (χ1v) is 13.7. The van der Waals surface area contributed by atoms with Gasteiger partial charge in [0.25, 0.3) is 5.69 Å². The summed E-state index contributed by atoms with van der Waals surface area (Å²) >= 11 is 0. The first kappa shape index (κ1) is 26.5. The van der Waals surface area contributed by atoms with Crippen molar-refractivity contribution < 1.29 is 27.3 Å². The van der Waals surface area contributed by atoms with Crippen molar-refractivity contribution in [2.45, 2.75) is 19.1 Å². The molecular formula is C25H26N6O7S. The van der Waals surface area contributed by atoms with Gasteiger partial charge in [-0.15, -0.1) is 5.10 Å². The quantitative estimate of drug-likeness (QED) is 0.162. The molecular weight excluding hydrogens is 528 g/mol. The van der Waals surface area contributed by atoms with Gasteiger partial charge in [-0.2, -0.15) is 4.31 Å². The van der Waals surface area contributed by atoms with E-state index in [1.165, 1.54) is 16.4 Å². The van der Waals surface area contributed by atoms with E-state index in [1.54, 1.807) is 42.2 Å². The molecule has 1 fully saturated rings. The number of carbonyl (C=O) groups is 1. The molecule has 2 aromatic carbocycles. The van der Waals surface area contributed by atoms with Crippen molar-refractivity contribution in [2.24, 2.45) is 0 Å². The van der Waals surface area contributed by atoms with Crippen LogP contribution in [0.15, 0.2) is 65.2 Å². The molecule has 1 atom stereocenters. The lowest BCUT2D eigenvalue weighted by Crippen LogP contribution is -2.38. The summed E-state index contributed by atoms with van der Waals surface area (Å²) in [5.74, 6) is -0.509. The third-order valence-electron chi connectivity index (χ3n) is 6.55. The van der Waals surface area contributed by atoms with Crippen molar-refractivity contribution in [1.82, 2.24) is 24.2 Å². The predicted molar refractivity (Wildman–Crippen MR) is 139 cm³/mol. The van der Waals surface area contributed by atoms with Crippen LogP contribution in [0.1, 0.15) is 21.8 Å². The van der Waals surface area contributed by atoms with E-state index in [0.29, 0.717) is 24.4 Å². The Labute approximate surface area is 223 Å². The normalized spacial score (nSPS) is 17.1. The fraction of sp³-hybridized carbons (Fsp3) is 0.320. The monoisotopic (exact) mass is 554 g/mol. The molecule has 14 heteroatoms. The van der Waals surface area contributed by atoms with Crippen molar-refractivity contribution >= 4 is 32.6 Å². The molecule has 0 amide bonds. The van der Waals surface area contributed by atoms with Crippen molar-refractivity contribution in [3.8, 4) is 0 Å². The topological polar surface area (TPSA) is 154 Å². The van der Waals surface area contributed by atoms with Crippen molar-refractivity contribution in [3.63, 3.8) is 0 Å². The van der Waals surface area contributed by atoms with E-state index in [9.17, 15) is 23.3 Å². The van der Waals surface area contributed by atoms with Gasteiger partial charge in [-0.3, -0.25) is 15.0 Å². The number of ether oxygens (including phenoxy) is 1. The van der Waals surface area contributed by atoms with Gasteiger partial charge in [0.1, 0.15) is 12.2 Å². The predicted octanol–water partition coefficient (Wildman–Crippen LogP) is 2.28. The summed E-state index contributed by atoms with van der Waals surface area (Å²) in [7, 11) is -1.72. The molecule has 0 aliphatic carbocycles. The van der Waals surface area contributed by atoms with Crippen LogP contribution in [0.25, 0.3) is 11.0 Å². The molecule has 39 heavy (non-hydrogen) atoms. The molecule has 1 aliphatic rings. The number of esters is 1. The number of furan rings is 1. The third kappa shape index (κ3) is 6.13. The summed E-state index contributed by atoms with van der Waals surface area (Å²) in [4.78, 5) is 24.6. The van der Waals surface area contributed by atoms with Crippen LogP contribution in [-0.4, -0.2) is 82.0 Å². The van der Waals surface area contributed by atoms with E-state index in [0.717, 1.165) is 10.9 Å². The minimum atomic E-state index is -3.51. The van der Waals surface area contributed by atoms with Gasteiger partial charge in [0, 0.05) is 36.7 Å². The number of sulfonamides is 1. The first-order chi connectivity index (χ1) is 18.7. The molecule has 5 rings (SSSR count). The summed E-state index contributed by atoms with van der Waals surface area (Å²) in [6.07, 6.45) is 1.66. The van der Waals surface area contributed by atoms with Gasteiger partial charge in [-0.1, -0.05) is 35.5 Å². The van der Waals surface area contributed by atoms with Crippen LogP contribution in [0, 0.1) is 10.1 Å². The van der Waals surface area contributed by atoms with Gasteiger partial charge in [-0.25, -0.2) is 17.9 Å². The van der Waals surface area contributed by atoms with Gasteiger partial charge in [0.2, 0.25) is 15.8 Å². The molecule has 1 aliphatic heterocycles. The maximum Gasteiger partial charge on any atom is 0.374 e. The number of para-hydroxylation sites is 1. The van der Waals surface area contributed by atoms with E-state index in [-0.39, 0.29) is 42.9 Å². The third-order valence-corrected chi connectivity index (χ3v) is 8.43. The van der Waals surface area contributed by atoms with Crippen molar-refractivity contribution in [2.75, 3.05) is 32.5 Å². The zero-order valence-electron chi connectivity index (χ0n) is 21.0. The highest BCUT2D eigenvalue weighted by Crippen LogP contribution is 2.22. The molecule has 1 saturated heterocycles. The minimum Gasteiger partial charge on any atom is -0.458 e. The average Bonchev–Trinajstić information content (AvgIpc) is 3.61. The minimum absolute atomic E-state index is 0.00107. The largest absolute Gasteiger partial charge is 0.458 e. The number of aromatic nitrogens is 3. The van der Waals surface area contributed by atoms with E-state index < -0.39 is 20.9 Å². The summed E-state index contributed by atoms with van der Waals surface area (Å²) in [6.45, 7) is 1.13. The van der Waals surface area contributed by atoms with E-state index in [4.69, 9.17) is 9.15 Å². The molecule has 204 valence electrons. The number of carbonyl (C=O) groups excluding carboxylic acids is 1. The number of nitrogens with zero attached hydrogens (tertiary/aromatic N) is 6. The molecule has 13 nitrogen and oxygen atoms in total. The van der Waals surface area contributed by atoms with Crippen LogP contribution in [-0.2, 0) is 27.8 Å². The van der Waals surface area contributed by atoms with E-state index in [1.807, 2.05) is 23.1 Å². The highest BCUT2D eigenvalue weighted by molar-refractivity contribution is 7.89. The number of fused-ring (bicyclic) bond motifs is 1. The van der Waals surface area contributed by atoms with Gasteiger partial charge in [-0.05, 0) is 24.7 Å². The molecule has 0 saturated carbocycles. The number of hydrogen-bond acceptors (Lipinski definition) is 10. The number of benzene rings is 2. The van der Waals surface area contributed by atoms with Crippen LogP contribution in [0.5, 0.6) is 0 Å². The second-order valence-corrected chi connectivity index (χ2v) is 11.3. The standard InChI is InChI=1S/C25H26N6O7S/c1-28(10-11-37-25(32)24-12-19-4-2-3-5-23(19)38-24)22-16-30(39(35,36)17-22)15-20-14-29(27-26-20)13-18-6-8-21(9-7-18)31(33)34/h2-9,12,14,22H,10-11,13,15-17H2,1H3. The lowest BCUT2D eigenvalue weighted by Gasteiger charge is -2.22. The van der Waals surface area contributed by atoms with Gasteiger partial charge < -0.3 is 9.15 Å². The second kappa shape index (κ2) is 10.9. The first-order valence-electron chi connectivity index (χ1n) is 12.1. The smallest absolute Gasteiger partial charge is 0.374 e. The number of rotatable bonds is 10. The number of nitro benzene ring substituents is 1. The summed E-state index contributed by atoms with van der Waals surface area (Å²) in [6, 6.07) is 14.7. The Bertz CT molecular complexity index is 1570. The average molecular weight is 555 g/mol. The van der Waals surface area contributed by atoms with Crippen LogP contribution >= 0.6 is 0 Å². The summed E-state index contributed by atoms with van der Waals surface area (Å²) in [5.41, 5.74) is 1.89. The molecule has 1 unspecified atom stereocenters. The Hall–Kier alpha value is -4.14. The molecule has 0 spiro atoms. The molecule has 0 radical (unpaired) electrons. The molecule has 0 N–H and O–H groups in total. The van der Waals surface area contributed by atoms with Crippen LogP contribution in [0.2, 0.25) is 0 Å². The maximum absolute atomic E-state index is 12.8. The lowest BCUT2D eigenvalue weighted by atomic mass is 10.2. The summed E-state index contributed by atoms with van der Waals surface area (Å²) in [5, 5.41) is 19.8. The zero-order valence-corrected chi connectivity index (χ0v) is 21.9. The van der Waals surface area contributed by atoms with E-state index in [2.05, 4.69) is 10.3 Å². The van der Waals surface area contributed by atoms with Gasteiger partial charge in [0.05, 0.1) is 35.7 Å². The highest BCUT2D eigenvalue weighted by Gasteiger charge is 2.38. The number of nitro groups is 1. The fourth-order valence-electron chi connectivity index (χ4n) is 4.38. The molecule has 0 bridgehead atoms. The van der Waals surface area contributed by atoms with Gasteiger partial charge in [0.15, 0.2) is 0 Å². The highest BCUT2D eigenvalue weighted by atomic mass is 32.2. The Morgan fingerprint density at radius 1 is 1.21 bits per heavy atom. The van der Waals surface area contributed by atoms with Crippen molar-refractivity contribution in [1.29, 1.82) is 0 Å². The van der Waals surface area contributed by atoms with Crippen LogP contribution in [0.4, 0.5) is 5.69 Å². The van der Waals surface area contributed by atoms with Crippen molar-refractivity contribution in [3.05, 3.63) is 87.9 Å². The summed E-state index contributed by atoms with van der Waals surface area (Å²) < 4.78 is 39.4. The lowest BCUT2D eigenvalue weighted by molar-refractivity contribution is -0.384. The Morgan fingerprint density at radius 2 is 1.97 bits per heavy atom. The number of likely N-dealkylation sites (N-methyl/N-ethyl adjacent to an activating group) is 1. The fourth-order valence-corrected chi connectivity index (χ4v) is 6.16. The molecule has 2 aromatic heterocycles. The van der Waals surface area contributed by atoms with Gasteiger partial charge >= 0.3 is 5.97 Å². The number of non-ortho nitro benzene ring substituents is 1. The molecule has 4 aromatic rings. The zero-order chi connectivity index (χ0) is 27.6. The molecule has 3 heterocycles. The Morgan fingerprint density at radius 3 is 2.72 bits per heavy atom. The van der Waals surface area contributed by atoms with Crippen LogP contribution in [0.3, 0.4) is 0 Å². The SMILES string of the molecule is CN(CCOC(=O)c1cc2ccccc2o1)C1CN(Cc2cn(Cc3ccc([N+](=O)[O-])cc3)nn2)S(=O)(=O)C1. The van der Waals surface area contributed by atoms with Crippen LogP contribution < -0.4 is 0 Å². The Balaban J connectivity index is 1.12. The second-order valence-electron chi connectivity index (χ2n) is 9.32.